The smallest absolute Gasteiger partial charge is 0.325 e. The van der Waals surface area contributed by atoms with Gasteiger partial charge in [0.1, 0.15) is 11.2 Å². The quantitative estimate of drug-likeness (QED) is 0.536. The number of aryl methyl sites for hydroxylation is 3. The Labute approximate surface area is 182 Å². The molecule has 1 aliphatic carbocycles. The zero-order valence-electron chi connectivity index (χ0n) is 17.1. The standard InChI is InChI=1S/C24H21N3O3S/c1-15-4-2-7-19(12-15)27-23(29)22-20(10-11-31-22)26(24(27)30)14-21(28)25-18-9-8-16-5-3-6-17(16)13-18/h2,4,7-13H,3,5-6,14H2,1H3,(H,25,28). The van der Waals surface area contributed by atoms with Crippen LogP contribution < -0.4 is 16.6 Å². The van der Waals surface area contributed by atoms with Gasteiger partial charge in [-0.05, 0) is 78.6 Å². The third kappa shape index (κ3) is 3.51. The molecule has 0 fully saturated rings. The Balaban J connectivity index is 1.54. The Hall–Kier alpha value is -3.45. The summed E-state index contributed by atoms with van der Waals surface area (Å²) in [4.78, 5) is 39.2. The Morgan fingerprint density at radius 3 is 2.74 bits per heavy atom. The van der Waals surface area contributed by atoms with E-state index < -0.39 is 5.69 Å². The third-order valence-corrected chi connectivity index (χ3v) is 6.59. The van der Waals surface area contributed by atoms with Gasteiger partial charge in [0.15, 0.2) is 0 Å². The summed E-state index contributed by atoms with van der Waals surface area (Å²) in [5.41, 5.74) is 4.36. The number of hydrogen-bond donors (Lipinski definition) is 1. The molecule has 0 saturated heterocycles. The lowest BCUT2D eigenvalue weighted by Crippen LogP contribution is -2.40. The van der Waals surface area contributed by atoms with Gasteiger partial charge in [-0.15, -0.1) is 11.3 Å². The average Bonchev–Trinajstić information content (AvgIpc) is 3.41. The van der Waals surface area contributed by atoms with Crippen molar-refractivity contribution in [3.8, 4) is 5.69 Å². The van der Waals surface area contributed by atoms with Gasteiger partial charge in [-0.2, -0.15) is 0 Å². The van der Waals surface area contributed by atoms with Crippen LogP contribution in [-0.2, 0) is 24.2 Å². The Morgan fingerprint density at radius 1 is 1.06 bits per heavy atom. The SMILES string of the molecule is Cc1cccc(-n2c(=O)c3sccc3n(CC(=O)Nc3ccc4c(c3)CCC4)c2=O)c1. The average molecular weight is 432 g/mol. The summed E-state index contributed by atoms with van der Waals surface area (Å²) in [5.74, 6) is -0.304. The maximum Gasteiger partial charge on any atom is 0.336 e. The van der Waals surface area contributed by atoms with Crippen LogP contribution >= 0.6 is 11.3 Å². The number of anilines is 1. The highest BCUT2D eigenvalue weighted by molar-refractivity contribution is 7.17. The molecule has 0 bridgehead atoms. The molecule has 6 nitrogen and oxygen atoms in total. The molecule has 5 rings (SSSR count). The number of amides is 1. The molecule has 0 aliphatic heterocycles. The summed E-state index contributed by atoms with van der Waals surface area (Å²) in [5, 5.41) is 4.67. The van der Waals surface area contributed by atoms with E-state index in [1.165, 1.54) is 27.0 Å². The molecule has 1 N–H and O–H groups in total. The van der Waals surface area contributed by atoms with Crippen molar-refractivity contribution in [2.24, 2.45) is 0 Å². The highest BCUT2D eigenvalue weighted by Gasteiger charge is 2.18. The largest absolute Gasteiger partial charge is 0.336 e. The summed E-state index contributed by atoms with van der Waals surface area (Å²) in [6, 6.07) is 14.9. The van der Waals surface area contributed by atoms with Crippen molar-refractivity contribution in [2.45, 2.75) is 32.7 Å². The van der Waals surface area contributed by atoms with Crippen molar-refractivity contribution in [3.05, 3.63) is 91.4 Å². The van der Waals surface area contributed by atoms with Gasteiger partial charge in [-0.3, -0.25) is 14.2 Å². The normalized spacial score (nSPS) is 12.8. The molecule has 2 aromatic heterocycles. The van der Waals surface area contributed by atoms with Crippen LogP contribution in [0.3, 0.4) is 0 Å². The van der Waals surface area contributed by atoms with Crippen LogP contribution in [0, 0.1) is 6.92 Å². The van der Waals surface area contributed by atoms with E-state index in [0.717, 1.165) is 35.1 Å². The molecule has 0 unspecified atom stereocenters. The molecule has 2 aromatic carbocycles. The number of carbonyl (C=O) groups is 1. The second-order valence-electron chi connectivity index (χ2n) is 7.87. The minimum Gasteiger partial charge on any atom is -0.325 e. The highest BCUT2D eigenvalue weighted by Crippen LogP contribution is 2.25. The van der Waals surface area contributed by atoms with Crippen molar-refractivity contribution in [1.82, 2.24) is 9.13 Å². The predicted octanol–water partition coefficient (Wildman–Crippen LogP) is 3.65. The van der Waals surface area contributed by atoms with E-state index in [2.05, 4.69) is 11.4 Å². The fourth-order valence-corrected chi connectivity index (χ4v) is 5.05. The van der Waals surface area contributed by atoms with Crippen LogP contribution in [0.4, 0.5) is 5.69 Å². The first kappa shape index (κ1) is 19.5. The minimum atomic E-state index is -0.523. The van der Waals surface area contributed by atoms with E-state index in [4.69, 9.17) is 0 Å². The number of thiophene rings is 1. The van der Waals surface area contributed by atoms with Gasteiger partial charge in [-0.1, -0.05) is 18.2 Å². The predicted molar refractivity (Wildman–Crippen MR) is 124 cm³/mol. The van der Waals surface area contributed by atoms with Gasteiger partial charge in [0.2, 0.25) is 5.91 Å². The monoisotopic (exact) mass is 431 g/mol. The van der Waals surface area contributed by atoms with Crippen LogP contribution in [0.15, 0.2) is 63.5 Å². The molecule has 2 heterocycles. The fourth-order valence-electron chi connectivity index (χ4n) is 4.23. The van der Waals surface area contributed by atoms with E-state index in [9.17, 15) is 14.4 Å². The summed E-state index contributed by atoms with van der Waals surface area (Å²) >= 11 is 1.27. The molecule has 156 valence electrons. The topological polar surface area (TPSA) is 73.1 Å². The number of hydrogen-bond acceptors (Lipinski definition) is 4. The molecule has 0 saturated carbocycles. The van der Waals surface area contributed by atoms with E-state index >= 15 is 0 Å². The zero-order chi connectivity index (χ0) is 21.5. The van der Waals surface area contributed by atoms with Crippen molar-refractivity contribution < 1.29 is 4.79 Å². The van der Waals surface area contributed by atoms with Crippen LogP contribution in [0.5, 0.6) is 0 Å². The van der Waals surface area contributed by atoms with Crippen molar-refractivity contribution >= 4 is 33.1 Å². The second kappa shape index (κ2) is 7.67. The van der Waals surface area contributed by atoms with Gasteiger partial charge in [-0.25, -0.2) is 9.36 Å². The first-order valence-electron chi connectivity index (χ1n) is 10.2. The molecular formula is C24H21N3O3S. The molecule has 0 spiro atoms. The van der Waals surface area contributed by atoms with Gasteiger partial charge in [0.05, 0.1) is 11.2 Å². The van der Waals surface area contributed by atoms with Crippen molar-refractivity contribution in [2.75, 3.05) is 5.32 Å². The number of nitrogens with zero attached hydrogens (tertiary/aromatic N) is 2. The number of fused-ring (bicyclic) bond motifs is 2. The lowest BCUT2D eigenvalue weighted by molar-refractivity contribution is -0.116. The van der Waals surface area contributed by atoms with Crippen LogP contribution in [0.1, 0.15) is 23.1 Å². The molecule has 1 aliphatic rings. The molecule has 0 radical (unpaired) electrons. The first-order chi connectivity index (χ1) is 15.0. The number of benzene rings is 2. The molecule has 4 aromatic rings. The van der Waals surface area contributed by atoms with Crippen molar-refractivity contribution in [1.29, 1.82) is 0 Å². The van der Waals surface area contributed by atoms with E-state index in [0.29, 0.717) is 15.9 Å². The number of nitrogens with one attached hydrogen (secondary N) is 1. The van der Waals surface area contributed by atoms with Gasteiger partial charge < -0.3 is 5.32 Å². The van der Waals surface area contributed by atoms with Gasteiger partial charge >= 0.3 is 5.69 Å². The van der Waals surface area contributed by atoms with Crippen LogP contribution in [-0.4, -0.2) is 15.0 Å². The Morgan fingerprint density at radius 2 is 1.90 bits per heavy atom. The first-order valence-corrected chi connectivity index (χ1v) is 11.1. The molecule has 1 amide bonds. The third-order valence-electron chi connectivity index (χ3n) is 5.70. The van der Waals surface area contributed by atoms with E-state index in [-0.39, 0.29) is 18.0 Å². The van der Waals surface area contributed by atoms with Crippen LogP contribution in [0.25, 0.3) is 15.9 Å². The van der Waals surface area contributed by atoms with Gasteiger partial charge in [0.25, 0.3) is 5.56 Å². The lowest BCUT2D eigenvalue weighted by Gasteiger charge is -2.13. The fraction of sp³-hybridized carbons (Fsp3) is 0.208. The summed E-state index contributed by atoms with van der Waals surface area (Å²) in [6.45, 7) is 1.73. The lowest BCUT2D eigenvalue weighted by atomic mass is 10.1. The number of rotatable bonds is 4. The maximum absolute atomic E-state index is 13.3. The van der Waals surface area contributed by atoms with Crippen molar-refractivity contribution in [3.63, 3.8) is 0 Å². The van der Waals surface area contributed by atoms with Crippen LogP contribution in [0.2, 0.25) is 0 Å². The Bertz CT molecular complexity index is 1440. The molecular weight excluding hydrogens is 410 g/mol. The maximum atomic E-state index is 13.3. The summed E-state index contributed by atoms with van der Waals surface area (Å²) in [7, 11) is 0. The molecule has 7 heteroatoms. The number of aromatic nitrogens is 2. The molecule has 0 atom stereocenters. The summed E-state index contributed by atoms with van der Waals surface area (Å²) < 4.78 is 2.97. The van der Waals surface area contributed by atoms with Gasteiger partial charge in [0, 0.05) is 5.69 Å². The summed E-state index contributed by atoms with van der Waals surface area (Å²) in [6.07, 6.45) is 3.24. The second-order valence-corrected chi connectivity index (χ2v) is 8.78. The van der Waals surface area contributed by atoms with E-state index in [1.807, 2.05) is 25.1 Å². The Kier molecular flexibility index (Phi) is 4.82. The minimum absolute atomic E-state index is 0.171. The zero-order valence-corrected chi connectivity index (χ0v) is 17.9. The van der Waals surface area contributed by atoms with E-state index in [1.54, 1.807) is 29.6 Å². The molecule has 31 heavy (non-hydrogen) atoms. The number of carbonyl (C=O) groups excluding carboxylic acids is 1. The highest BCUT2D eigenvalue weighted by atomic mass is 32.1.